The predicted octanol–water partition coefficient (Wildman–Crippen LogP) is 2.08. The van der Waals surface area contributed by atoms with Crippen LogP contribution in [0.5, 0.6) is 0 Å². The summed E-state index contributed by atoms with van der Waals surface area (Å²) in [7, 11) is 1.46. The lowest BCUT2D eigenvalue weighted by molar-refractivity contribution is -0.119. The van der Waals surface area contributed by atoms with E-state index in [0.717, 1.165) is 24.4 Å². The molecule has 1 fully saturated rings. The van der Waals surface area contributed by atoms with Crippen molar-refractivity contribution in [2.45, 2.75) is 36.1 Å². The fourth-order valence-corrected chi connectivity index (χ4v) is 2.96. The summed E-state index contributed by atoms with van der Waals surface area (Å²) in [6.07, 6.45) is 2.23. The highest BCUT2D eigenvalue weighted by Crippen LogP contribution is 2.40. The summed E-state index contributed by atoms with van der Waals surface area (Å²) in [5.41, 5.74) is 0.959. The van der Waals surface area contributed by atoms with Crippen LogP contribution in [0.1, 0.15) is 31.5 Å². The van der Waals surface area contributed by atoms with E-state index in [-0.39, 0.29) is 5.91 Å². The molecule has 0 aliphatic heterocycles. The van der Waals surface area contributed by atoms with Crippen molar-refractivity contribution in [3.63, 3.8) is 0 Å². The van der Waals surface area contributed by atoms with E-state index in [1.54, 1.807) is 6.92 Å². The maximum atomic E-state index is 12.0. The molecule has 0 bridgehead atoms. The number of nitrogens with zero attached hydrogens (tertiary/aromatic N) is 3. The third-order valence-corrected chi connectivity index (χ3v) is 4.62. The van der Waals surface area contributed by atoms with E-state index in [4.69, 9.17) is 0 Å². The number of rotatable bonds is 5. The number of benzene rings is 1. The second-order valence-corrected chi connectivity index (χ2v) is 6.91. The zero-order valence-electron chi connectivity index (χ0n) is 13.5. The first-order valence-corrected chi connectivity index (χ1v) is 8.68. The Morgan fingerprint density at radius 2 is 2.00 bits per heavy atom. The molecular weight excluding hydrogens is 326 g/mol. The number of carbonyl (C=O) groups is 2. The third-order valence-electron chi connectivity index (χ3n) is 3.67. The predicted molar refractivity (Wildman–Crippen MR) is 91.3 cm³/mol. The molecule has 1 aromatic heterocycles. The van der Waals surface area contributed by atoms with Gasteiger partial charge in [-0.05, 0) is 31.9 Å². The van der Waals surface area contributed by atoms with E-state index < -0.39 is 11.3 Å². The van der Waals surface area contributed by atoms with Crippen molar-refractivity contribution < 1.29 is 9.59 Å². The van der Waals surface area contributed by atoms with E-state index in [1.165, 1.54) is 18.8 Å². The van der Waals surface area contributed by atoms with Gasteiger partial charge >= 0.3 is 6.03 Å². The number of amides is 3. The molecule has 7 nitrogen and oxygen atoms in total. The molecule has 1 heterocycles. The normalized spacial score (nSPS) is 14.9. The first kappa shape index (κ1) is 16.5. The van der Waals surface area contributed by atoms with Crippen molar-refractivity contribution in [1.29, 1.82) is 0 Å². The van der Waals surface area contributed by atoms with Crippen molar-refractivity contribution in [3.05, 3.63) is 36.2 Å². The lowest BCUT2D eigenvalue weighted by Gasteiger charge is -2.08. The Bertz CT molecular complexity index is 742. The standard InChI is InChI=1S/C16H19N5O2S/c1-10(14(22)19-15(23)17-2)24-16-18-13(11-8-9-11)21(20-16)12-6-4-3-5-7-12/h3-7,10-11H,8-9H2,1-2H3,(H2,17,19,22,23)/t10-/m0/s1. The zero-order valence-corrected chi connectivity index (χ0v) is 14.3. The minimum Gasteiger partial charge on any atom is -0.341 e. The fraction of sp³-hybridized carbons (Fsp3) is 0.375. The summed E-state index contributed by atoms with van der Waals surface area (Å²) in [6, 6.07) is 9.32. The smallest absolute Gasteiger partial charge is 0.321 e. The minimum atomic E-state index is -0.520. The summed E-state index contributed by atoms with van der Waals surface area (Å²) in [4.78, 5) is 27.8. The molecule has 0 radical (unpaired) electrons. The summed E-state index contributed by atoms with van der Waals surface area (Å²) in [5, 5.41) is 9.24. The molecule has 1 atom stereocenters. The first-order valence-electron chi connectivity index (χ1n) is 7.80. The quantitative estimate of drug-likeness (QED) is 0.810. The molecule has 1 aromatic carbocycles. The highest BCUT2D eigenvalue weighted by molar-refractivity contribution is 8.00. The average Bonchev–Trinajstić information content (AvgIpc) is 3.36. The SMILES string of the molecule is CNC(=O)NC(=O)[C@H](C)Sc1nc(C2CC2)n(-c2ccccc2)n1. The highest BCUT2D eigenvalue weighted by atomic mass is 32.2. The highest BCUT2D eigenvalue weighted by Gasteiger charge is 2.31. The number of thioether (sulfide) groups is 1. The van der Waals surface area contributed by atoms with Gasteiger partial charge in [-0.3, -0.25) is 10.1 Å². The molecule has 1 saturated carbocycles. The molecular formula is C16H19N5O2S. The molecule has 24 heavy (non-hydrogen) atoms. The van der Waals surface area contributed by atoms with E-state index in [9.17, 15) is 9.59 Å². The zero-order chi connectivity index (χ0) is 17.1. The van der Waals surface area contributed by atoms with Crippen LogP contribution >= 0.6 is 11.8 Å². The number of carbonyl (C=O) groups excluding carboxylic acids is 2. The van der Waals surface area contributed by atoms with Gasteiger partial charge in [0.15, 0.2) is 0 Å². The Morgan fingerprint density at radius 3 is 2.62 bits per heavy atom. The topological polar surface area (TPSA) is 88.9 Å². The Balaban J connectivity index is 1.77. The van der Waals surface area contributed by atoms with Gasteiger partial charge in [0, 0.05) is 13.0 Å². The Morgan fingerprint density at radius 1 is 1.29 bits per heavy atom. The van der Waals surface area contributed by atoms with Crippen LogP contribution in [0.4, 0.5) is 4.79 Å². The Labute approximate surface area is 144 Å². The molecule has 2 aromatic rings. The van der Waals surface area contributed by atoms with Crippen molar-refractivity contribution in [2.75, 3.05) is 7.05 Å². The van der Waals surface area contributed by atoms with Gasteiger partial charge in [0.2, 0.25) is 11.1 Å². The molecule has 3 amide bonds. The van der Waals surface area contributed by atoms with Crippen LogP contribution < -0.4 is 10.6 Å². The molecule has 0 unspecified atom stereocenters. The lowest BCUT2D eigenvalue weighted by atomic mass is 10.3. The van der Waals surface area contributed by atoms with Gasteiger partial charge < -0.3 is 5.32 Å². The molecule has 3 rings (SSSR count). The largest absolute Gasteiger partial charge is 0.341 e. The second-order valence-electron chi connectivity index (χ2n) is 5.60. The molecule has 0 saturated heterocycles. The number of urea groups is 1. The molecule has 126 valence electrons. The van der Waals surface area contributed by atoms with Crippen LogP contribution in [0.3, 0.4) is 0 Å². The van der Waals surface area contributed by atoms with Gasteiger partial charge in [-0.2, -0.15) is 0 Å². The number of hydrogen-bond acceptors (Lipinski definition) is 5. The van der Waals surface area contributed by atoms with Crippen LogP contribution in [0, 0.1) is 0 Å². The van der Waals surface area contributed by atoms with Gasteiger partial charge in [-0.25, -0.2) is 14.5 Å². The van der Waals surface area contributed by atoms with Crippen LogP contribution in [0.25, 0.3) is 5.69 Å². The second kappa shape index (κ2) is 7.04. The van der Waals surface area contributed by atoms with Crippen molar-refractivity contribution in [2.24, 2.45) is 0 Å². The molecule has 8 heteroatoms. The van der Waals surface area contributed by atoms with E-state index in [1.807, 2.05) is 35.0 Å². The average molecular weight is 345 g/mol. The van der Waals surface area contributed by atoms with Crippen molar-refractivity contribution in [3.8, 4) is 5.69 Å². The van der Waals surface area contributed by atoms with Gasteiger partial charge in [-0.1, -0.05) is 30.0 Å². The monoisotopic (exact) mass is 345 g/mol. The van der Waals surface area contributed by atoms with E-state index in [0.29, 0.717) is 11.1 Å². The van der Waals surface area contributed by atoms with Gasteiger partial charge in [-0.15, -0.1) is 5.10 Å². The number of para-hydroxylation sites is 1. The number of nitrogens with one attached hydrogen (secondary N) is 2. The summed E-state index contributed by atoms with van der Waals surface area (Å²) >= 11 is 1.24. The summed E-state index contributed by atoms with van der Waals surface area (Å²) in [6.45, 7) is 1.73. The van der Waals surface area contributed by atoms with Crippen LogP contribution in [-0.2, 0) is 4.79 Å². The van der Waals surface area contributed by atoms with Crippen LogP contribution in [0.15, 0.2) is 35.5 Å². The first-order chi connectivity index (χ1) is 11.6. The van der Waals surface area contributed by atoms with Crippen molar-refractivity contribution >= 4 is 23.7 Å². The lowest BCUT2D eigenvalue weighted by Crippen LogP contribution is -2.41. The van der Waals surface area contributed by atoms with Gasteiger partial charge in [0.25, 0.3) is 0 Å². The molecule has 1 aliphatic rings. The molecule has 2 N–H and O–H groups in total. The summed E-state index contributed by atoms with van der Waals surface area (Å²) in [5.74, 6) is 0.994. The number of hydrogen-bond donors (Lipinski definition) is 2. The summed E-state index contributed by atoms with van der Waals surface area (Å²) < 4.78 is 1.85. The molecule has 1 aliphatic carbocycles. The number of imide groups is 1. The van der Waals surface area contributed by atoms with Gasteiger partial charge in [0.1, 0.15) is 5.82 Å². The third kappa shape index (κ3) is 3.76. The molecule has 0 spiro atoms. The Kier molecular flexibility index (Phi) is 4.84. The maximum absolute atomic E-state index is 12.0. The number of aromatic nitrogens is 3. The van der Waals surface area contributed by atoms with E-state index >= 15 is 0 Å². The van der Waals surface area contributed by atoms with Crippen LogP contribution in [-0.4, -0.2) is 39.0 Å². The van der Waals surface area contributed by atoms with Crippen molar-refractivity contribution in [1.82, 2.24) is 25.4 Å². The maximum Gasteiger partial charge on any atom is 0.321 e. The van der Waals surface area contributed by atoms with Gasteiger partial charge in [0.05, 0.1) is 10.9 Å². The van der Waals surface area contributed by atoms with E-state index in [2.05, 4.69) is 20.7 Å². The fourth-order valence-electron chi connectivity index (χ4n) is 2.21. The van der Waals surface area contributed by atoms with Crippen LogP contribution in [0.2, 0.25) is 0 Å². The minimum absolute atomic E-state index is 0.372. The Hall–Kier alpha value is -2.35.